The molecule has 1 amide bonds. The summed E-state index contributed by atoms with van der Waals surface area (Å²) in [7, 11) is 0. The van der Waals surface area contributed by atoms with E-state index in [4.69, 9.17) is 0 Å². The maximum absolute atomic E-state index is 12.8. The minimum atomic E-state index is 0.0234. The molecule has 0 aliphatic heterocycles. The number of nitrogens with zero attached hydrogens (tertiary/aromatic N) is 1. The van der Waals surface area contributed by atoms with Crippen LogP contribution in [-0.4, -0.2) is 19.0 Å². The van der Waals surface area contributed by atoms with E-state index >= 15 is 0 Å². The number of amides is 1. The Labute approximate surface area is 120 Å². The third-order valence-corrected chi connectivity index (χ3v) is 3.15. The van der Waals surface area contributed by atoms with Gasteiger partial charge in [0, 0.05) is 24.5 Å². The van der Waals surface area contributed by atoms with Gasteiger partial charge in [-0.1, -0.05) is 30.3 Å². The topological polar surface area (TPSA) is 32.3 Å². The summed E-state index contributed by atoms with van der Waals surface area (Å²) in [4.78, 5) is 14.5. The van der Waals surface area contributed by atoms with Crippen molar-refractivity contribution in [3.05, 3.63) is 60.2 Å². The highest BCUT2D eigenvalue weighted by atomic mass is 16.2. The van der Waals surface area contributed by atoms with Crippen LogP contribution < -0.4 is 10.2 Å². The number of benzene rings is 2. The first-order valence-electron chi connectivity index (χ1n) is 6.97. The first-order valence-corrected chi connectivity index (χ1v) is 6.97. The van der Waals surface area contributed by atoms with Crippen molar-refractivity contribution in [1.29, 1.82) is 0 Å². The molecule has 104 valence electrons. The van der Waals surface area contributed by atoms with Crippen LogP contribution in [0.1, 0.15) is 24.2 Å². The van der Waals surface area contributed by atoms with Crippen molar-refractivity contribution in [2.75, 3.05) is 23.3 Å². The SMILES string of the molecule is CCNc1ccccc1C(=O)N(CC)c1ccccc1. The van der Waals surface area contributed by atoms with Crippen molar-refractivity contribution in [2.45, 2.75) is 13.8 Å². The minimum Gasteiger partial charge on any atom is -0.385 e. The largest absolute Gasteiger partial charge is 0.385 e. The molecule has 0 unspecified atom stereocenters. The number of nitrogens with one attached hydrogen (secondary N) is 1. The van der Waals surface area contributed by atoms with Crippen LogP contribution >= 0.6 is 0 Å². The monoisotopic (exact) mass is 268 g/mol. The maximum atomic E-state index is 12.8. The molecule has 3 heteroatoms. The number of hydrogen-bond donors (Lipinski definition) is 1. The molecular formula is C17H20N2O. The molecule has 1 N–H and O–H groups in total. The Kier molecular flexibility index (Phi) is 4.77. The molecule has 3 nitrogen and oxygen atoms in total. The molecule has 0 atom stereocenters. The number of hydrogen-bond acceptors (Lipinski definition) is 2. The van der Waals surface area contributed by atoms with E-state index in [0.717, 1.165) is 17.9 Å². The van der Waals surface area contributed by atoms with Gasteiger partial charge in [0.05, 0.1) is 5.56 Å². The van der Waals surface area contributed by atoms with Crippen LogP contribution in [0.4, 0.5) is 11.4 Å². The van der Waals surface area contributed by atoms with E-state index in [1.807, 2.05) is 68.4 Å². The van der Waals surface area contributed by atoms with E-state index in [1.165, 1.54) is 0 Å². The van der Waals surface area contributed by atoms with Crippen molar-refractivity contribution < 1.29 is 4.79 Å². The zero-order valence-corrected chi connectivity index (χ0v) is 12.0. The van der Waals surface area contributed by atoms with Gasteiger partial charge in [-0.05, 0) is 38.1 Å². The fourth-order valence-electron chi connectivity index (χ4n) is 2.21. The lowest BCUT2D eigenvalue weighted by molar-refractivity contribution is 0.0989. The van der Waals surface area contributed by atoms with Gasteiger partial charge in [-0.3, -0.25) is 4.79 Å². The van der Waals surface area contributed by atoms with Gasteiger partial charge in [-0.15, -0.1) is 0 Å². The van der Waals surface area contributed by atoms with Crippen LogP contribution in [0.25, 0.3) is 0 Å². The summed E-state index contributed by atoms with van der Waals surface area (Å²) >= 11 is 0. The van der Waals surface area contributed by atoms with E-state index < -0.39 is 0 Å². The van der Waals surface area contributed by atoms with E-state index in [9.17, 15) is 4.79 Å². The van der Waals surface area contributed by atoms with Crippen LogP contribution in [-0.2, 0) is 0 Å². The van der Waals surface area contributed by atoms with Crippen LogP contribution in [0, 0.1) is 0 Å². The molecule has 0 saturated heterocycles. The van der Waals surface area contributed by atoms with Crippen molar-refractivity contribution in [3.63, 3.8) is 0 Å². The van der Waals surface area contributed by atoms with E-state index in [-0.39, 0.29) is 5.91 Å². The number of carbonyl (C=O) groups excluding carboxylic acids is 1. The average molecular weight is 268 g/mol. The second-order valence-corrected chi connectivity index (χ2v) is 4.46. The van der Waals surface area contributed by atoms with Gasteiger partial charge < -0.3 is 10.2 Å². The summed E-state index contributed by atoms with van der Waals surface area (Å²) in [5.41, 5.74) is 2.51. The van der Waals surface area contributed by atoms with Crippen molar-refractivity contribution in [2.24, 2.45) is 0 Å². The van der Waals surface area contributed by atoms with Crippen LogP contribution in [0.5, 0.6) is 0 Å². The molecule has 0 spiro atoms. The predicted octanol–water partition coefficient (Wildman–Crippen LogP) is 3.79. The van der Waals surface area contributed by atoms with E-state index in [0.29, 0.717) is 12.1 Å². The Hall–Kier alpha value is -2.29. The molecule has 0 aliphatic carbocycles. The summed E-state index contributed by atoms with van der Waals surface area (Å²) in [6.45, 7) is 5.45. The molecule has 2 aromatic rings. The average Bonchev–Trinajstić information content (AvgIpc) is 2.50. The Bertz CT molecular complexity index is 566. The number of para-hydroxylation sites is 2. The zero-order chi connectivity index (χ0) is 14.4. The first-order chi connectivity index (χ1) is 9.77. The Balaban J connectivity index is 2.34. The highest BCUT2D eigenvalue weighted by molar-refractivity contribution is 6.09. The fourth-order valence-corrected chi connectivity index (χ4v) is 2.21. The van der Waals surface area contributed by atoms with Crippen LogP contribution in [0.15, 0.2) is 54.6 Å². The standard InChI is InChI=1S/C17H20N2O/c1-3-18-16-13-9-8-12-15(16)17(20)19(4-2)14-10-6-5-7-11-14/h5-13,18H,3-4H2,1-2H3. The lowest BCUT2D eigenvalue weighted by Gasteiger charge is -2.22. The quantitative estimate of drug-likeness (QED) is 0.895. The molecule has 20 heavy (non-hydrogen) atoms. The molecule has 0 fully saturated rings. The molecule has 0 aromatic heterocycles. The second kappa shape index (κ2) is 6.75. The van der Waals surface area contributed by atoms with Gasteiger partial charge >= 0.3 is 0 Å². The first kappa shape index (κ1) is 14.1. The van der Waals surface area contributed by atoms with Gasteiger partial charge in [0.1, 0.15) is 0 Å². The summed E-state index contributed by atoms with van der Waals surface area (Å²) < 4.78 is 0. The molecule has 0 aliphatic rings. The molecule has 0 bridgehead atoms. The van der Waals surface area contributed by atoms with E-state index in [2.05, 4.69) is 5.32 Å². The summed E-state index contributed by atoms with van der Waals surface area (Å²) in [5, 5.41) is 3.24. The molecule has 0 saturated carbocycles. The van der Waals surface area contributed by atoms with Crippen molar-refractivity contribution in [3.8, 4) is 0 Å². The third kappa shape index (κ3) is 2.99. The van der Waals surface area contributed by atoms with Crippen LogP contribution in [0.3, 0.4) is 0 Å². The van der Waals surface area contributed by atoms with Crippen molar-refractivity contribution >= 4 is 17.3 Å². The summed E-state index contributed by atoms with van der Waals surface area (Å²) in [6, 6.07) is 17.4. The molecule has 0 radical (unpaired) electrons. The predicted molar refractivity (Wildman–Crippen MR) is 84.4 cm³/mol. The van der Waals surface area contributed by atoms with Gasteiger partial charge in [0.15, 0.2) is 0 Å². The van der Waals surface area contributed by atoms with Gasteiger partial charge in [0.25, 0.3) is 5.91 Å². The number of rotatable bonds is 5. The lowest BCUT2D eigenvalue weighted by Crippen LogP contribution is -2.31. The fraction of sp³-hybridized carbons (Fsp3) is 0.235. The highest BCUT2D eigenvalue weighted by Gasteiger charge is 2.18. The van der Waals surface area contributed by atoms with Gasteiger partial charge in [0.2, 0.25) is 0 Å². The smallest absolute Gasteiger partial charge is 0.260 e. The number of carbonyl (C=O) groups is 1. The maximum Gasteiger partial charge on any atom is 0.260 e. The van der Waals surface area contributed by atoms with E-state index in [1.54, 1.807) is 4.90 Å². The molecule has 2 rings (SSSR count). The second-order valence-electron chi connectivity index (χ2n) is 4.46. The summed E-state index contributed by atoms with van der Waals surface area (Å²) in [6.07, 6.45) is 0. The van der Waals surface area contributed by atoms with Crippen molar-refractivity contribution in [1.82, 2.24) is 0 Å². The molecule has 2 aromatic carbocycles. The Morgan fingerprint density at radius 2 is 1.65 bits per heavy atom. The zero-order valence-electron chi connectivity index (χ0n) is 12.0. The summed E-state index contributed by atoms with van der Waals surface area (Å²) in [5.74, 6) is 0.0234. The normalized spacial score (nSPS) is 10.1. The Morgan fingerprint density at radius 1 is 1.00 bits per heavy atom. The minimum absolute atomic E-state index is 0.0234. The third-order valence-electron chi connectivity index (χ3n) is 3.15. The van der Waals surface area contributed by atoms with Gasteiger partial charge in [-0.2, -0.15) is 0 Å². The van der Waals surface area contributed by atoms with Crippen LogP contribution in [0.2, 0.25) is 0 Å². The van der Waals surface area contributed by atoms with Gasteiger partial charge in [-0.25, -0.2) is 0 Å². The molecule has 0 heterocycles. The molecular weight excluding hydrogens is 248 g/mol. The lowest BCUT2D eigenvalue weighted by atomic mass is 10.1. The number of anilines is 2. The highest BCUT2D eigenvalue weighted by Crippen LogP contribution is 2.21. The Morgan fingerprint density at radius 3 is 2.30 bits per heavy atom.